The monoisotopic (exact) mass is 251 g/mol. The number of halogens is 1. The van der Waals surface area contributed by atoms with Crippen molar-refractivity contribution in [3.8, 4) is 6.07 Å². The van der Waals surface area contributed by atoms with E-state index in [4.69, 9.17) is 5.26 Å². The van der Waals surface area contributed by atoms with Gasteiger partial charge in [-0.15, -0.1) is 0 Å². The molecule has 0 unspecified atom stereocenters. The van der Waals surface area contributed by atoms with E-state index in [-0.39, 0.29) is 18.1 Å². The van der Waals surface area contributed by atoms with Crippen LogP contribution in [-0.4, -0.2) is 5.78 Å². The Labute approximate surface area is 91.7 Å². The van der Waals surface area contributed by atoms with Crippen LogP contribution in [0, 0.1) is 11.3 Å². The van der Waals surface area contributed by atoms with E-state index >= 15 is 0 Å². The van der Waals surface area contributed by atoms with Crippen molar-refractivity contribution in [2.24, 2.45) is 0 Å². The molecule has 0 aromatic heterocycles. The number of hydrogen-bond donors (Lipinski definition) is 0. The van der Waals surface area contributed by atoms with E-state index in [2.05, 4.69) is 15.9 Å². The molecule has 2 nitrogen and oxygen atoms in total. The molecule has 0 fully saturated rings. The fourth-order valence-electron chi connectivity index (χ4n) is 1.19. The van der Waals surface area contributed by atoms with Gasteiger partial charge in [0, 0.05) is 10.4 Å². The predicted octanol–water partition coefficient (Wildman–Crippen LogP) is 3.04. The molecule has 0 aliphatic heterocycles. The lowest BCUT2D eigenvalue weighted by Crippen LogP contribution is -2.07. The van der Waals surface area contributed by atoms with Crippen LogP contribution in [0.2, 0.25) is 0 Å². The summed E-state index contributed by atoms with van der Waals surface area (Å²) in [6.45, 7) is 1.82. The molecule has 1 aromatic carbocycles. The van der Waals surface area contributed by atoms with Gasteiger partial charge in [0.2, 0.25) is 0 Å². The van der Waals surface area contributed by atoms with Gasteiger partial charge in [-0.1, -0.05) is 35.0 Å². The minimum atomic E-state index is -0.202. The van der Waals surface area contributed by atoms with Gasteiger partial charge in [0.25, 0.3) is 0 Å². The first kappa shape index (κ1) is 10.9. The Balaban J connectivity index is 2.85. The Morgan fingerprint density at radius 3 is 2.93 bits per heavy atom. The smallest absolute Gasteiger partial charge is 0.154 e. The highest BCUT2D eigenvalue weighted by Gasteiger charge is 2.14. The van der Waals surface area contributed by atoms with Crippen LogP contribution in [0.25, 0.3) is 0 Å². The van der Waals surface area contributed by atoms with Crippen molar-refractivity contribution >= 4 is 21.7 Å². The highest BCUT2D eigenvalue weighted by atomic mass is 79.9. The number of ketones is 1. The summed E-state index contributed by atoms with van der Waals surface area (Å²) in [7, 11) is 0. The zero-order valence-electron chi connectivity index (χ0n) is 7.83. The number of carbonyl (C=O) groups excluding carboxylic acids is 1. The van der Waals surface area contributed by atoms with Crippen LogP contribution in [0.3, 0.4) is 0 Å². The lowest BCUT2D eigenvalue weighted by atomic mass is 9.95. The first-order chi connectivity index (χ1) is 6.65. The van der Waals surface area contributed by atoms with Crippen molar-refractivity contribution in [1.82, 2.24) is 0 Å². The average Bonchev–Trinajstić information content (AvgIpc) is 2.17. The van der Waals surface area contributed by atoms with Crippen LogP contribution < -0.4 is 0 Å². The van der Waals surface area contributed by atoms with Gasteiger partial charge < -0.3 is 0 Å². The van der Waals surface area contributed by atoms with Gasteiger partial charge in [-0.25, -0.2) is 0 Å². The summed E-state index contributed by atoms with van der Waals surface area (Å²) in [5, 5.41) is 8.41. The number of Topliss-reactive ketones (excluding diaryl/α,β-unsaturated/α-hetero) is 1. The largest absolute Gasteiger partial charge is 0.298 e. The summed E-state index contributed by atoms with van der Waals surface area (Å²) in [6.07, 6.45) is -0.0202. The van der Waals surface area contributed by atoms with Crippen molar-refractivity contribution in [2.45, 2.75) is 19.3 Å². The van der Waals surface area contributed by atoms with E-state index in [1.807, 2.05) is 37.3 Å². The molecule has 0 aliphatic carbocycles. The summed E-state index contributed by atoms with van der Waals surface area (Å²) in [4.78, 5) is 11.4. The van der Waals surface area contributed by atoms with Gasteiger partial charge in [0.15, 0.2) is 5.78 Å². The Morgan fingerprint density at radius 2 is 2.36 bits per heavy atom. The van der Waals surface area contributed by atoms with E-state index in [0.29, 0.717) is 0 Å². The van der Waals surface area contributed by atoms with E-state index in [0.717, 1.165) is 10.0 Å². The summed E-state index contributed by atoms with van der Waals surface area (Å²) >= 11 is 3.34. The third-order valence-electron chi connectivity index (χ3n) is 2.08. The normalized spacial score (nSPS) is 11.8. The summed E-state index contributed by atoms with van der Waals surface area (Å²) in [5.41, 5.74) is 0.944. The van der Waals surface area contributed by atoms with E-state index in [1.54, 1.807) is 0 Å². The zero-order valence-corrected chi connectivity index (χ0v) is 9.41. The second kappa shape index (κ2) is 4.92. The lowest BCUT2D eigenvalue weighted by molar-refractivity contribution is -0.119. The van der Waals surface area contributed by atoms with Crippen LogP contribution in [0.5, 0.6) is 0 Å². The maximum atomic E-state index is 11.4. The molecule has 0 bridgehead atoms. The van der Waals surface area contributed by atoms with Gasteiger partial charge >= 0.3 is 0 Å². The second-order valence-corrected chi connectivity index (χ2v) is 3.99. The van der Waals surface area contributed by atoms with Crippen molar-refractivity contribution in [1.29, 1.82) is 5.26 Å². The third-order valence-corrected chi connectivity index (χ3v) is 2.58. The van der Waals surface area contributed by atoms with E-state index in [1.165, 1.54) is 0 Å². The summed E-state index contributed by atoms with van der Waals surface area (Å²) in [5.74, 6) is -0.238. The molecule has 14 heavy (non-hydrogen) atoms. The molecule has 0 N–H and O–H groups in total. The highest BCUT2D eigenvalue weighted by Crippen LogP contribution is 2.21. The van der Waals surface area contributed by atoms with Gasteiger partial charge in [-0.05, 0) is 17.7 Å². The molecular formula is C11H10BrNO. The standard InChI is InChI=1S/C11H10BrNO/c1-8(11(14)5-6-13)9-3-2-4-10(12)7-9/h2-4,7-8H,5H2,1H3/t8-/m0/s1. The topological polar surface area (TPSA) is 40.9 Å². The second-order valence-electron chi connectivity index (χ2n) is 3.08. The minimum absolute atomic E-state index is 0.0202. The predicted molar refractivity (Wildman–Crippen MR) is 57.8 cm³/mol. The Bertz CT molecular complexity index is 381. The molecule has 0 radical (unpaired) electrons. The zero-order chi connectivity index (χ0) is 10.6. The van der Waals surface area contributed by atoms with Crippen molar-refractivity contribution in [3.05, 3.63) is 34.3 Å². The maximum Gasteiger partial charge on any atom is 0.154 e. The van der Waals surface area contributed by atoms with Gasteiger partial charge in [-0.2, -0.15) is 5.26 Å². The number of nitriles is 1. The number of benzene rings is 1. The molecule has 0 saturated heterocycles. The third kappa shape index (κ3) is 2.68. The summed E-state index contributed by atoms with van der Waals surface area (Å²) < 4.78 is 0.951. The first-order valence-corrected chi connectivity index (χ1v) is 5.09. The van der Waals surface area contributed by atoms with Crippen LogP contribution in [0.4, 0.5) is 0 Å². The molecule has 1 atom stereocenters. The highest BCUT2D eigenvalue weighted by molar-refractivity contribution is 9.10. The Morgan fingerprint density at radius 1 is 1.64 bits per heavy atom. The van der Waals surface area contributed by atoms with Crippen molar-refractivity contribution < 1.29 is 4.79 Å². The van der Waals surface area contributed by atoms with Crippen LogP contribution in [-0.2, 0) is 4.79 Å². The molecule has 0 spiro atoms. The Kier molecular flexibility index (Phi) is 3.84. The fourth-order valence-corrected chi connectivity index (χ4v) is 1.61. The SMILES string of the molecule is C[C@H](C(=O)CC#N)c1cccc(Br)c1. The fraction of sp³-hybridized carbons (Fsp3) is 0.273. The number of hydrogen-bond acceptors (Lipinski definition) is 2. The summed E-state index contributed by atoms with van der Waals surface area (Å²) in [6, 6.07) is 9.46. The van der Waals surface area contributed by atoms with E-state index < -0.39 is 0 Å². The van der Waals surface area contributed by atoms with Crippen LogP contribution in [0.1, 0.15) is 24.8 Å². The lowest BCUT2D eigenvalue weighted by Gasteiger charge is -2.08. The number of carbonyl (C=O) groups is 1. The molecule has 0 saturated carbocycles. The van der Waals surface area contributed by atoms with Gasteiger partial charge in [0.1, 0.15) is 0 Å². The van der Waals surface area contributed by atoms with Crippen LogP contribution >= 0.6 is 15.9 Å². The van der Waals surface area contributed by atoms with Gasteiger partial charge in [-0.3, -0.25) is 4.79 Å². The molecule has 72 valence electrons. The minimum Gasteiger partial charge on any atom is -0.298 e. The average molecular weight is 252 g/mol. The molecule has 1 rings (SSSR count). The molecular weight excluding hydrogens is 242 g/mol. The maximum absolute atomic E-state index is 11.4. The van der Waals surface area contributed by atoms with Crippen molar-refractivity contribution in [3.63, 3.8) is 0 Å². The number of rotatable bonds is 3. The molecule has 0 heterocycles. The molecule has 3 heteroatoms. The first-order valence-electron chi connectivity index (χ1n) is 4.30. The molecule has 0 amide bonds. The van der Waals surface area contributed by atoms with E-state index in [9.17, 15) is 4.79 Å². The molecule has 1 aromatic rings. The van der Waals surface area contributed by atoms with Crippen LogP contribution in [0.15, 0.2) is 28.7 Å². The quantitative estimate of drug-likeness (QED) is 0.829. The van der Waals surface area contributed by atoms with Gasteiger partial charge in [0.05, 0.1) is 12.5 Å². The Hall–Kier alpha value is -1.14. The van der Waals surface area contributed by atoms with Crippen molar-refractivity contribution in [2.75, 3.05) is 0 Å². The molecule has 0 aliphatic rings. The number of nitrogens with zero attached hydrogens (tertiary/aromatic N) is 1.